The normalized spacial score (nSPS) is 35.0. The summed E-state index contributed by atoms with van der Waals surface area (Å²) in [5, 5.41) is 0. The van der Waals surface area contributed by atoms with Gasteiger partial charge in [0.25, 0.3) is 0 Å². The predicted molar refractivity (Wildman–Crippen MR) is 123 cm³/mol. The first-order chi connectivity index (χ1) is 13.0. The van der Waals surface area contributed by atoms with E-state index in [1.165, 1.54) is 31.3 Å². The molecule has 0 N–H and O–H groups in total. The highest BCUT2D eigenvalue weighted by molar-refractivity contribution is 6.70. The standard InChI is InChI=1S/C24H38O2Si2/c1-24-15-14-20-19-11-9-18(25-27(2,3)4)16-17(19)8-10-21(20)22(24)12-13-23(24)26-28(5,6)7/h9,14-16,21-23H,8,10-13H2,1-7H3. The number of allylic oxidation sites excluding steroid dienone is 6. The van der Waals surface area contributed by atoms with Crippen LogP contribution in [-0.2, 0) is 8.85 Å². The van der Waals surface area contributed by atoms with Crippen LogP contribution in [0.25, 0.3) is 0 Å². The molecule has 0 radical (unpaired) electrons. The van der Waals surface area contributed by atoms with E-state index in [0.29, 0.717) is 12.0 Å². The lowest BCUT2D eigenvalue weighted by molar-refractivity contribution is 0.0723. The van der Waals surface area contributed by atoms with Gasteiger partial charge >= 0.3 is 0 Å². The zero-order valence-corrected chi connectivity index (χ0v) is 20.9. The first kappa shape index (κ1) is 20.4. The quantitative estimate of drug-likeness (QED) is 0.463. The minimum Gasteiger partial charge on any atom is -0.545 e. The molecule has 4 unspecified atom stereocenters. The van der Waals surface area contributed by atoms with E-state index in [2.05, 4.69) is 70.5 Å². The summed E-state index contributed by atoms with van der Waals surface area (Å²) >= 11 is 0. The molecular formula is C24H38O2Si2. The Kier molecular flexibility index (Phi) is 5.00. The van der Waals surface area contributed by atoms with E-state index < -0.39 is 16.6 Å². The van der Waals surface area contributed by atoms with Crippen LogP contribution in [0.3, 0.4) is 0 Å². The average molecular weight is 415 g/mol. The van der Waals surface area contributed by atoms with Crippen molar-refractivity contribution < 1.29 is 8.85 Å². The molecule has 0 aliphatic heterocycles. The molecule has 0 aromatic rings. The first-order valence-electron chi connectivity index (χ1n) is 11.2. The Morgan fingerprint density at radius 1 is 1.00 bits per heavy atom. The minimum absolute atomic E-state index is 0.215. The molecule has 28 heavy (non-hydrogen) atoms. The van der Waals surface area contributed by atoms with Crippen LogP contribution in [0.15, 0.2) is 46.8 Å². The van der Waals surface area contributed by atoms with Gasteiger partial charge in [-0.3, -0.25) is 0 Å². The summed E-state index contributed by atoms with van der Waals surface area (Å²) in [4.78, 5) is 0. The van der Waals surface area contributed by atoms with E-state index in [1.807, 2.05) is 0 Å². The monoisotopic (exact) mass is 414 g/mol. The number of fused-ring (bicyclic) bond motifs is 4. The molecule has 1 saturated carbocycles. The van der Waals surface area contributed by atoms with E-state index in [1.54, 1.807) is 11.1 Å². The third kappa shape index (κ3) is 3.80. The topological polar surface area (TPSA) is 18.5 Å². The molecule has 0 bridgehead atoms. The second-order valence-corrected chi connectivity index (χ2v) is 20.3. The first-order valence-corrected chi connectivity index (χ1v) is 18.0. The summed E-state index contributed by atoms with van der Waals surface area (Å²) in [7, 11) is -3.06. The Hall–Kier alpha value is -0.846. The second kappa shape index (κ2) is 6.85. The molecule has 2 nitrogen and oxygen atoms in total. The van der Waals surface area contributed by atoms with Crippen LogP contribution in [0.1, 0.15) is 39.0 Å². The van der Waals surface area contributed by atoms with Crippen molar-refractivity contribution in [2.24, 2.45) is 17.3 Å². The molecule has 4 aliphatic rings. The summed E-state index contributed by atoms with van der Waals surface area (Å²) in [6.07, 6.45) is 16.1. The van der Waals surface area contributed by atoms with E-state index in [-0.39, 0.29) is 5.41 Å². The van der Waals surface area contributed by atoms with Crippen molar-refractivity contribution in [2.75, 3.05) is 0 Å². The predicted octanol–water partition coefficient (Wildman–Crippen LogP) is 6.96. The van der Waals surface area contributed by atoms with Gasteiger partial charge in [0.1, 0.15) is 0 Å². The van der Waals surface area contributed by atoms with Gasteiger partial charge in [-0.1, -0.05) is 19.1 Å². The van der Waals surface area contributed by atoms with Crippen LogP contribution in [0, 0.1) is 17.3 Å². The summed E-state index contributed by atoms with van der Waals surface area (Å²) in [6.45, 7) is 16.3. The minimum atomic E-state index is -1.54. The summed E-state index contributed by atoms with van der Waals surface area (Å²) in [5.41, 5.74) is 4.96. The maximum atomic E-state index is 6.66. The molecular weight excluding hydrogens is 376 g/mol. The molecule has 4 heteroatoms. The lowest BCUT2D eigenvalue weighted by Gasteiger charge is -2.46. The largest absolute Gasteiger partial charge is 0.545 e. The van der Waals surface area contributed by atoms with Gasteiger partial charge < -0.3 is 8.85 Å². The Labute approximate surface area is 174 Å². The van der Waals surface area contributed by atoms with Crippen molar-refractivity contribution in [1.29, 1.82) is 0 Å². The van der Waals surface area contributed by atoms with E-state index >= 15 is 0 Å². The fraction of sp³-hybridized carbons (Fsp3) is 0.667. The van der Waals surface area contributed by atoms with Crippen LogP contribution < -0.4 is 0 Å². The molecule has 0 amide bonds. The molecule has 0 saturated heterocycles. The number of hydrogen-bond acceptors (Lipinski definition) is 2. The summed E-state index contributed by atoms with van der Waals surface area (Å²) in [6, 6.07) is 0. The van der Waals surface area contributed by atoms with Crippen LogP contribution >= 0.6 is 0 Å². The van der Waals surface area contributed by atoms with Gasteiger partial charge in [-0.05, 0) is 112 Å². The molecule has 0 heterocycles. The molecule has 4 rings (SSSR count). The molecule has 4 aliphatic carbocycles. The van der Waals surface area contributed by atoms with Gasteiger partial charge in [0.15, 0.2) is 8.32 Å². The fourth-order valence-corrected chi connectivity index (χ4v) is 7.95. The fourth-order valence-electron chi connectivity index (χ4n) is 5.87. The third-order valence-corrected chi connectivity index (χ3v) is 8.78. The highest BCUT2D eigenvalue weighted by atomic mass is 28.4. The molecule has 0 aromatic heterocycles. The Balaban J connectivity index is 1.62. The average Bonchev–Trinajstić information content (AvgIpc) is 2.88. The van der Waals surface area contributed by atoms with Crippen molar-refractivity contribution in [1.82, 2.24) is 0 Å². The lowest BCUT2D eigenvalue weighted by Crippen LogP contribution is -2.44. The van der Waals surface area contributed by atoms with Crippen LogP contribution in [-0.4, -0.2) is 22.7 Å². The molecule has 0 aromatic carbocycles. The van der Waals surface area contributed by atoms with Crippen molar-refractivity contribution >= 4 is 16.6 Å². The van der Waals surface area contributed by atoms with Gasteiger partial charge in [0, 0.05) is 5.41 Å². The van der Waals surface area contributed by atoms with Crippen LogP contribution in [0.5, 0.6) is 0 Å². The SMILES string of the molecule is CC12C=CC3=C4CC=C(O[Si](C)(C)C)C=C4CCC3C1CCC2O[Si](C)(C)C. The van der Waals surface area contributed by atoms with Crippen molar-refractivity contribution in [3.05, 3.63) is 46.8 Å². The third-order valence-electron chi connectivity index (χ3n) is 6.94. The highest BCUT2D eigenvalue weighted by Gasteiger charge is 2.52. The maximum absolute atomic E-state index is 6.66. The van der Waals surface area contributed by atoms with Crippen LogP contribution in [0.4, 0.5) is 0 Å². The van der Waals surface area contributed by atoms with Crippen molar-refractivity contribution in [3.8, 4) is 0 Å². The van der Waals surface area contributed by atoms with E-state index in [4.69, 9.17) is 8.85 Å². The molecule has 4 atom stereocenters. The number of hydrogen-bond donors (Lipinski definition) is 0. The highest BCUT2D eigenvalue weighted by Crippen LogP contribution is 2.58. The smallest absolute Gasteiger partial charge is 0.242 e. The Morgan fingerprint density at radius 2 is 1.75 bits per heavy atom. The van der Waals surface area contributed by atoms with Gasteiger partial charge in [0.05, 0.1) is 11.9 Å². The summed E-state index contributed by atoms with van der Waals surface area (Å²) < 4.78 is 12.9. The van der Waals surface area contributed by atoms with Gasteiger partial charge in [-0.2, -0.15) is 0 Å². The lowest BCUT2D eigenvalue weighted by atomic mass is 9.61. The van der Waals surface area contributed by atoms with Gasteiger partial charge in [-0.25, -0.2) is 0 Å². The zero-order chi connectivity index (χ0) is 20.3. The van der Waals surface area contributed by atoms with Gasteiger partial charge in [0.2, 0.25) is 8.32 Å². The van der Waals surface area contributed by atoms with Crippen molar-refractivity contribution in [3.63, 3.8) is 0 Å². The van der Waals surface area contributed by atoms with Crippen LogP contribution in [0.2, 0.25) is 39.3 Å². The maximum Gasteiger partial charge on any atom is 0.242 e. The van der Waals surface area contributed by atoms with Crippen molar-refractivity contribution in [2.45, 2.75) is 84.4 Å². The van der Waals surface area contributed by atoms with E-state index in [0.717, 1.165) is 18.1 Å². The summed E-state index contributed by atoms with van der Waals surface area (Å²) in [5.74, 6) is 2.57. The zero-order valence-electron chi connectivity index (χ0n) is 18.9. The molecule has 1 fully saturated rings. The Morgan fingerprint density at radius 3 is 2.43 bits per heavy atom. The molecule has 0 spiro atoms. The second-order valence-electron chi connectivity index (χ2n) is 11.4. The molecule has 154 valence electrons. The Bertz CT molecular complexity index is 775. The number of rotatable bonds is 4. The van der Waals surface area contributed by atoms with Gasteiger partial charge in [-0.15, -0.1) is 0 Å². The van der Waals surface area contributed by atoms with E-state index in [9.17, 15) is 0 Å².